The fraction of sp³-hybridized carbons (Fsp3) is 0.174. The Hall–Kier alpha value is -3.63. The van der Waals surface area contributed by atoms with Crippen molar-refractivity contribution >= 4 is 27.3 Å². The number of carbonyl (C=O) groups is 1. The minimum atomic E-state index is -3.54. The molecule has 2 aromatic heterocycles. The van der Waals surface area contributed by atoms with Gasteiger partial charge in [-0.15, -0.1) is 5.10 Å². The standard InChI is InChI=1S/C23H21ClN6O3S/c1-15(27-22(31)17-12-18(24)14-19(13-17)34(2,32)33)21-28-20(11-16-7-4-3-5-8-16)29-30(21)23-25-9-6-10-26-23/h3-10,12-15H,11H2,1-2H3,(H,27,31). The van der Waals surface area contributed by atoms with Gasteiger partial charge in [-0.1, -0.05) is 41.9 Å². The Labute approximate surface area is 201 Å². The molecule has 2 aromatic carbocycles. The number of hydrogen-bond acceptors (Lipinski definition) is 7. The molecule has 9 nitrogen and oxygen atoms in total. The second-order valence-electron chi connectivity index (χ2n) is 7.65. The highest BCUT2D eigenvalue weighted by molar-refractivity contribution is 7.90. The molecule has 11 heteroatoms. The Morgan fingerprint density at radius 1 is 1.09 bits per heavy atom. The molecule has 1 amide bonds. The third-order valence-corrected chi connectivity index (χ3v) is 6.23. The SMILES string of the molecule is CC(NC(=O)c1cc(Cl)cc(S(C)(=O)=O)c1)c1nc(Cc2ccccc2)nn1-c1ncccn1. The van der Waals surface area contributed by atoms with E-state index in [2.05, 4.69) is 25.4 Å². The summed E-state index contributed by atoms with van der Waals surface area (Å²) in [4.78, 5) is 26.1. The smallest absolute Gasteiger partial charge is 0.252 e. The van der Waals surface area contributed by atoms with Crippen molar-refractivity contribution in [1.29, 1.82) is 0 Å². The number of sulfone groups is 1. The van der Waals surface area contributed by atoms with Crippen molar-refractivity contribution in [3.8, 4) is 5.95 Å². The lowest BCUT2D eigenvalue weighted by molar-refractivity contribution is 0.0937. The zero-order chi connectivity index (χ0) is 24.3. The van der Waals surface area contributed by atoms with Crippen LogP contribution >= 0.6 is 11.6 Å². The van der Waals surface area contributed by atoms with Crippen LogP contribution in [0.15, 0.2) is 71.9 Å². The molecule has 2 heterocycles. The highest BCUT2D eigenvalue weighted by Crippen LogP contribution is 2.21. The van der Waals surface area contributed by atoms with Gasteiger partial charge in [-0.25, -0.2) is 23.4 Å². The predicted molar refractivity (Wildman–Crippen MR) is 127 cm³/mol. The Balaban J connectivity index is 1.65. The van der Waals surface area contributed by atoms with Gasteiger partial charge < -0.3 is 5.32 Å². The molecule has 0 radical (unpaired) electrons. The molecular formula is C23H21ClN6O3S. The first-order valence-corrected chi connectivity index (χ1v) is 12.6. The molecule has 0 bridgehead atoms. The van der Waals surface area contributed by atoms with Gasteiger partial charge >= 0.3 is 0 Å². The molecular weight excluding hydrogens is 476 g/mol. The molecule has 0 aliphatic carbocycles. The number of nitrogens with one attached hydrogen (secondary N) is 1. The Bertz CT molecular complexity index is 1430. The summed E-state index contributed by atoms with van der Waals surface area (Å²) in [6, 6.07) is 14.8. The number of nitrogens with zero attached hydrogens (tertiary/aromatic N) is 5. The highest BCUT2D eigenvalue weighted by atomic mass is 35.5. The summed E-state index contributed by atoms with van der Waals surface area (Å²) in [6.07, 6.45) is 4.72. The van der Waals surface area contributed by atoms with E-state index in [4.69, 9.17) is 11.6 Å². The molecule has 4 rings (SSSR count). The molecule has 0 saturated heterocycles. The summed E-state index contributed by atoms with van der Waals surface area (Å²) in [6.45, 7) is 1.75. The summed E-state index contributed by atoms with van der Waals surface area (Å²) in [7, 11) is -3.54. The molecule has 0 spiro atoms. The number of hydrogen-bond donors (Lipinski definition) is 1. The monoisotopic (exact) mass is 496 g/mol. The second-order valence-corrected chi connectivity index (χ2v) is 10.1. The van der Waals surface area contributed by atoms with Gasteiger partial charge in [0.25, 0.3) is 11.9 Å². The van der Waals surface area contributed by atoms with Gasteiger partial charge in [-0.05, 0) is 36.8 Å². The number of aromatic nitrogens is 5. The molecule has 4 aromatic rings. The van der Waals surface area contributed by atoms with Gasteiger partial charge in [0.2, 0.25) is 0 Å². The topological polar surface area (TPSA) is 120 Å². The zero-order valence-electron chi connectivity index (χ0n) is 18.4. The first-order valence-electron chi connectivity index (χ1n) is 10.3. The fourth-order valence-electron chi connectivity index (χ4n) is 3.30. The Morgan fingerprint density at radius 2 is 1.79 bits per heavy atom. The number of amides is 1. The van der Waals surface area contributed by atoms with Crippen molar-refractivity contribution in [3.05, 3.63) is 94.8 Å². The molecule has 0 fully saturated rings. The van der Waals surface area contributed by atoms with Crippen LogP contribution in [0.5, 0.6) is 0 Å². The number of halogens is 1. The van der Waals surface area contributed by atoms with Crippen molar-refractivity contribution in [2.45, 2.75) is 24.3 Å². The molecule has 0 aliphatic rings. The normalized spacial score (nSPS) is 12.3. The van der Waals surface area contributed by atoms with Crippen LogP contribution < -0.4 is 5.32 Å². The maximum absolute atomic E-state index is 13.0. The molecule has 1 N–H and O–H groups in total. The predicted octanol–water partition coefficient (Wildman–Crippen LogP) is 3.20. The van der Waals surface area contributed by atoms with Crippen molar-refractivity contribution in [2.75, 3.05) is 6.26 Å². The van der Waals surface area contributed by atoms with Crippen molar-refractivity contribution < 1.29 is 13.2 Å². The maximum Gasteiger partial charge on any atom is 0.252 e. The largest absolute Gasteiger partial charge is 0.342 e. The van der Waals surface area contributed by atoms with Crippen LogP contribution in [-0.2, 0) is 16.3 Å². The third kappa shape index (κ3) is 5.46. The van der Waals surface area contributed by atoms with Gasteiger partial charge in [0, 0.05) is 35.7 Å². The van der Waals surface area contributed by atoms with Crippen LogP contribution in [0.1, 0.15) is 40.5 Å². The van der Waals surface area contributed by atoms with E-state index in [9.17, 15) is 13.2 Å². The number of benzene rings is 2. The van der Waals surface area contributed by atoms with Gasteiger partial charge in [0.1, 0.15) is 0 Å². The molecule has 0 aliphatic heterocycles. The van der Waals surface area contributed by atoms with Crippen LogP contribution in [-0.4, -0.2) is 45.3 Å². The summed E-state index contributed by atoms with van der Waals surface area (Å²) < 4.78 is 25.4. The van der Waals surface area contributed by atoms with Crippen molar-refractivity contribution in [1.82, 2.24) is 30.0 Å². The zero-order valence-corrected chi connectivity index (χ0v) is 20.0. The molecule has 34 heavy (non-hydrogen) atoms. The van der Waals surface area contributed by atoms with Gasteiger partial charge in [0.15, 0.2) is 21.5 Å². The van der Waals surface area contributed by atoms with Crippen molar-refractivity contribution in [3.63, 3.8) is 0 Å². The molecule has 174 valence electrons. The fourth-order valence-corrected chi connectivity index (χ4v) is 4.28. The summed E-state index contributed by atoms with van der Waals surface area (Å²) in [5.41, 5.74) is 1.15. The first-order chi connectivity index (χ1) is 16.2. The van der Waals surface area contributed by atoms with E-state index in [0.717, 1.165) is 11.8 Å². The number of carbonyl (C=O) groups excluding carboxylic acids is 1. The van der Waals surface area contributed by atoms with Crippen LogP contribution in [0.4, 0.5) is 0 Å². The average molecular weight is 497 g/mol. The van der Waals surface area contributed by atoms with Crippen molar-refractivity contribution in [2.24, 2.45) is 0 Å². The van der Waals surface area contributed by atoms with Crippen LogP contribution in [0, 0.1) is 0 Å². The molecule has 0 saturated carbocycles. The van der Waals surface area contributed by atoms with E-state index in [-0.39, 0.29) is 15.5 Å². The van der Waals surface area contributed by atoms with E-state index < -0.39 is 21.8 Å². The second kappa shape index (κ2) is 9.70. The quantitative estimate of drug-likeness (QED) is 0.417. The van der Waals surface area contributed by atoms with E-state index >= 15 is 0 Å². The van der Waals surface area contributed by atoms with Crippen LogP contribution in [0.3, 0.4) is 0 Å². The molecule has 1 unspecified atom stereocenters. The summed E-state index contributed by atoms with van der Waals surface area (Å²) in [5, 5.41) is 7.55. The minimum absolute atomic E-state index is 0.0381. The van der Waals surface area contributed by atoms with Crippen LogP contribution in [0.2, 0.25) is 5.02 Å². The van der Waals surface area contributed by atoms with E-state index in [1.807, 2.05) is 30.3 Å². The number of rotatable bonds is 7. The maximum atomic E-state index is 13.0. The van der Waals surface area contributed by atoms with E-state index in [1.54, 1.807) is 25.4 Å². The first kappa shape index (κ1) is 23.5. The van der Waals surface area contributed by atoms with E-state index in [0.29, 0.717) is 24.0 Å². The van der Waals surface area contributed by atoms with E-state index in [1.165, 1.54) is 22.9 Å². The lowest BCUT2D eigenvalue weighted by Crippen LogP contribution is -2.29. The summed E-state index contributed by atoms with van der Waals surface area (Å²) >= 11 is 6.05. The Morgan fingerprint density at radius 3 is 2.47 bits per heavy atom. The molecule has 1 atom stereocenters. The average Bonchev–Trinajstić information content (AvgIpc) is 3.23. The third-order valence-electron chi connectivity index (χ3n) is 4.92. The van der Waals surface area contributed by atoms with Gasteiger partial charge in [-0.2, -0.15) is 4.68 Å². The lowest BCUT2D eigenvalue weighted by atomic mass is 10.1. The van der Waals surface area contributed by atoms with Gasteiger partial charge in [0.05, 0.1) is 10.9 Å². The minimum Gasteiger partial charge on any atom is -0.342 e. The van der Waals surface area contributed by atoms with Gasteiger partial charge in [-0.3, -0.25) is 4.79 Å². The summed E-state index contributed by atoms with van der Waals surface area (Å²) in [5.74, 6) is 0.772. The highest BCUT2D eigenvalue weighted by Gasteiger charge is 2.22. The Kier molecular flexibility index (Phi) is 6.71. The van der Waals surface area contributed by atoms with Crippen LogP contribution in [0.25, 0.3) is 5.95 Å². The lowest BCUT2D eigenvalue weighted by Gasteiger charge is -2.14.